The summed E-state index contributed by atoms with van der Waals surface area (Å²) in [5, 5.41) is 12.8. The number of hydrogen-bond donors (Lipinski definition) is 2. The topological polar surface area (TPSA) is 49.3 Å². The Morgan fingerprint density at radius 2 is 2.21 bits per heavy atom. The Morgan fingerprint density at radius 1 is 1.46 bits per heavy atom. The summed E-state index contributed by atoms with van der Waals surface area (Å²) >= 11 is 7.72. The number of thiophene rings is 1. The predicted octanol–water partition coefficient (Wildman–Crippen LogP) is 4.64. The number of nitrogens with one attached hydrogen (secondary N) is 1. The molecular weight excluding hydrogens is 342 g/mol. The monoisotopic (exact) mass is 361 g/mol. The third-order valence-electron chi connectivity index (χ3n) is 5.70. The van der Waals surface area contributed by atoms with E-state index in [0.717, 1.165) is 16.9 Å². The van der Waals surface area contributed by atoms with Crippen molar-refractivity contribution in [2.75, 3.05) is 0 Å². The van der Waals surface area contributed by atoms with E-state index in [9.17, 15) is 9.90 Å². The molecule has 2 N–H and O–H groups in total. The lowest BCUT2D eigenvalue weighted by atomic mass is 9.95. The third-order valence-corrected chi connectivity index (χ3v) is 7.22. The molecule has 0 saturated heterocycles. The van der Waals surface area contributed by atoms with Gasteiger partial charge in [-0.3, -0.25) is 4.79 Å². The quantitative estimate of drug-likeness (QED) is 0.836. The minimum absolute atomic E-state index is 0.0207. The van der Waals surface area contributed by atoms with E-state index in [-0.39, 0.29) is 11.7 Å². The minimum atomic E-state index is -0.0207. The van der Waals surface area contributed by atoms with Gasteiger partial charge in [-0.2, -0.15) is 0 Å². The fraction of sp³-hybridized carbons (Fsp3) is 0.421. The van der Waals surface area contributed by atoms with Gasteiger partial charge in [0.1, 0.15) is 5.75 Å². The number of aromatic hydroxyl groups is 1. The van der Waals surface area contributed by atoms with E-state index in [1.54, 1.807) is 23.5 Å². The van der Waals surface area contributed by atoms with Crippen LogP contribution in [0.25, 0.3) is 0 Å². The zero-order valence-corrected chi connectivity index (χ0v) is 15.5. The summed E-state index contributed by atoms with van der Waals surface area (Å²) in [5.74, 6) is 1.45. The first-order valence-electron chi connectivity index (χ1n) is 8.18. The maximum atomic E-state index is 12.7. The van der Waals surface area contributed by atoms with Crippen LogP contribution in [0.5, 0.6) is 5.75 Å². The highest BCUT2D eigenvalue weighted by Crippen LogP contribution is 2.71. The largest absolute Gasteiger partial charge is 0.508 e. The first-order valence-corrected chi connectivity index (χ1v) is 9.38. The second-order valence-electron chi connectivity index (χ2n) is 7.45. The van der Waals surface area contributed by atoms with Crippen LogP contribution in [0.15, 0.2) is 18.2 Å². The van der Waals surface area contributed by atoms with Crippen molar-refractivity contribution in [3.63, 3.8) is 0 Å². The van der Waals surface area contributed by atoms with Crippen molar-refractivity contribution in [2.45, 2.75) is 39.7 Å². The zero-order chi connectivity index (χ0) is 17.2. The Hall–Kier alpha value is -1.52. The molecule has 0 radical (unpaired) electrons. The van der Waals surface area contributed by atoms with Crippen LogP contribution in [-0.2, 0) is 13.0 Å². The maximum absolute atomic E-state index is 12.7. The number of fused-ring (bicyclic) bond motifs is 3. The van der Waals surface area contributed by atoms with Crippen molar-refractivity contribution in [3.8, 4) is 5.75 Å². The van der Waals surface area contributed by atoms with Gasteiger partial charge in [-0.05, 0) is 59.4 Å². The molecule has 2 aliphatic carbocycles. The zero-order valence-electron chi connectivity index (χ0n) is 13.9. The molecule has 2 aromatic rings. The molecule has 1 amide bonds. The van der Waals surface area contributed by atoms with Crippen LogP contribution in [0, 0.1) is 18.3 Å². The van der Waals surface area contributed by atoms with Crippen molar-refractivity contribution in [2.24, 2.45) is 11.3 Å². The van der Waals surface area contributed by atoms with Crippen LogP contribution in [0.4, 0.5) is 0 Å². The first-order chi connectivity index (χ1) is 11.3. The normalized spacial score (nSPS) is 22.8. The van der Waals surface area contributed by atoms with Crippen LogP contribution >= 0.6 is 22.9 Å². The number of carbonyl (C=O) groups is 1. The smallest absolute Gasteiger partial charge is 0.261 e. The van der Waals surface area contributed by atoms with Gasteiger partial charge >= 0.3 is 0 Å². The SMILES string of the molecule is Cc1sc(C(=O)NCc2ccc(O)cc2Cl)c2c1[C@H]1[C@@H](C2)C1(C)C. The highest BCUT2D eigenvalue weighted by atomic mass is 35.5. The number of phenols is 1. The number of hydrogen-bond acceptors (Lipinski definition) is 3. The van der Waals surface area contributed by atoms with Crippen LogP contribution < -0.4 is 5.32 Å². The molecule has 1 fully saturated rings. The summed E-state index contributed by atoms with van der Waals surface area (Å²) < 4.78 is 0. The maximum Gasteiger partial charge on any atom is 0.261 e. The summed E-state index contributed by atoms with van der Waals surface area (Å²) in [5.41, 5.74) is 3.90. The molecule has 4 rings (SSSR count). The second-order valence-corrected chi connectivity index (χ2v) is 9.08. The van der Waals surface area contributed by atoms with E-state index in [1.807, 2.05) is 0 Å². The molecule has 3 nitrogen and oxygen atoms in total. The van der Waals surface area contributed by atoms with E-state index in [0.29, 0.717) is 28.8 Å². The summed E-state index contributed by atoms with van der Waals surface area (Å²) in [4.78, 5) is 14.8. The van der Waals surface area contributed by atoms with Crippen LogP contribution in [0.2, 0.25) is 5.02 Å². The molecular formula is C19H20ClNO2S. The van der Waals surface area contributed by atoms with Crippen LogP contribution in [0.3, 0.4) is 0 Å². The van der Waals surface area contributed by atoms with Gasteiger partial charge in [-0.15, -0.1) is 11.3 Å². The fourth-order valence-electron chi connectivity index (χ4n) is 4.25. The lowest BCUT2D eigenvalue weighted by molar-refractivity contribution is 0.0954. The molecule has 2 aliphatic rings. The number of benzene rings is 1. The van der Waals surface area contributed by atoms with E-state index in [1.165, 1.54) is 22.1 Å². The number of aryl methyl sites for hydroxylation is 1. The lowest BCUT2D eigenvalue weighted by Crippen LogP contribution is -2.23. The van der Waals surface area contributed by atoms with Gasteiger partial charge < -0.3 is 10.4 Å². The van der Waals surface area contributed by atoms with Gasteiger partial charge in [0.2, 0.25) is 0 Å². The third kappa shape index (κ3) is 2.27. The van der Waals surface area contributed by atoms with Gasteiger partial charge in [0.25, 0.3) is 5.91 Å². The van der Waals surface area contributed by atoms with Gasteiger partial charge in [-0.25, -0.2) is 0 Å². The Labute approximate surface area is 150 Å². The van der Waals surface area contributed by atoms with Crippen molar-refractivity contribution >= 4 is 28.8 Å². The second kappa shape index (κ2) is 5.24. The number of phenolic OH excluding ortho intramolecular Hbond substituents is 1. The molecule has 1 aromatic heterocycles. The molecule has 1 saturated carbocycles. The Balaban J connectivity index is 1.53. The first kappa shape index (κ1) is 16.0. The molecule has 0 aliphatic heterocycles. The molecule has 0 unspecified atom stereocenters. The van der Waals surface area contributed by atoms with Gasteiger partial charge in [0.05, 0.1) is 4.88 Å². The average molecular weight is 362 g/mol. The molecule has 1 heterocycles. The highest BCUT2D eigenvalue weighted by Gasteiger charge is 2.63. The molecule has 0 bridgehead atoms. The van der Waals surface area contributed by atoms with E-state index in [4.69, 9.17) is 11.6 Å². The summed E-state index contributed by atoms with van der Waals surface area (Å²) in [6.07, 6.45) is 1.03. The van der Waals surface area contributed by atoms with Crippen molar-refractivity contribution in [3.05, 3.63) is 49.7 Å². The number of halogens is 1. The summed E-state index contributed by atoms with van der Waals surface area (Å²) in [7, 11) is 0. The molecule has 24 heavy (non-hydrogen) atoms. The molecule has 0 spiro atoms. The molecule has 2 atom stereocenters. The van der Waals surface area contributed by atoms with Crippen LogP contribution in [0.1, 0.15) is 51.0 Å². The minimum Gasteiger partial charge on any atom is -0.508 e. The highest BCUT2D eigenvalue weighted by molar-refractivity contribution is 7.14. The standard InChI is InChI=1S/C19H20ClNO2S/c1-9-15-12(7-13-16(15)19(13,2)3)17(24-9)18(23)21-8-10-4-5-11(22)6-14(10)20/h4-6,13,16,22H,7-8H2,1-3H3,(H,21,23)/t13-,16-/m1/s1. The van der Waals surface area contributed by atoms with E-state index < -0.39 is 0 Å². The Bertz CT molecular complexity index is 855. The molecule has 1 aromatic carbocycles. The number of carbonyl (C=O) groups excluding carboxylic acids is 1. The van der Waals surface area contributed by atoms with Crippen LogP contribution in [-0.4, -0.2) is 11.0 Å². The van der Waals surface area contributed by atoms with E-state index in [2.05, 4.69) is 26.1 Å². The lowest BCUT2D eigenvalue weighted by Gasteiger charge is -2.11. The Kier molecular flexibility index (Phi) is 3.49. The molecule has 5 heteroatoms. The fourth-order valence-corrected chi connectivity index (χ4v) is 5.64. The summed E-state index contributed by atoms with van der Waals surface area (Å²) in [6.45, 7) is 7.15. The van der Waals surface area contributed by atoms with Gasteiger partial charge in [0.15, 0.2) is 0 Å². The number of rotatable bonds is 3. The average Bonchev–Trinajstić information content (AvgIpc) is 2.86. The van der Waals surface area contributed by atoms with Gasteiger partial charge in [0, 0.05) is 16.4 Å². The van der Waals surface area contributed by atoms with Gasteiger partial charge in [-0.1, -0.05) is 31.5 Å². The van der Waals surface area contributed by atoms with E-state index >= 15 is 0 Å². The van der Waals surface area contributed by atoms with Crippen molar-refractivity contribution < 1.29 is 9.90 Å². The Morgan fingerprint density at radius 3 is 2.92 bits per heavy atom. The number of amides is 1. The predicted molar refractivity (Wildman–Crippen MR) is 97.1 cm³/mol. The van der Waals surface area contributed by atoms with Crippen molar-refractivity contribution in [1.29, 1.82) is 0 Å². The van der Waals surface area contributed by atoms with Crippen molar-refractivity contribution in [1.82, 2.24) is 5.32 Å². The molecule has 126 valence electrons. The summed E-state index contributed by atoms with van der Waals surface area (Å²) in [6, 6.07) is 4.81.